The first-order chi connectivity index (χ1) is 12.2. The fraction of sp³-hybridized carbons (Fsp3) is 0.300. The van der Waals surface area contributed by atoms with Crippen LogP contribution in [0.1, 0.15) is 27.6 Å². The molecule has 0 unspecified atom stereocenters. The molecule has 1 heterocycles. The highest BCUT2D eigenvalue weighted by Crippen LogP contribution is 2.16. The zero-order valence-corrected chi connectivity index (χ0v) is 14.0. The van der Waals surface area contributed by atoms with Gasteiger partial charge in [0.15, 0.2) is 0 Å². The second-order valence-electron chi connectivity index (χ2n) is 6.21. The summed E-state index contributed by atoms with van der Waals surface area (Å²) in [5.41, 5.74) is 1.96. The number of benzene rings is 2. The minimum absolute atomic E-state index is 0.0413. The summed E-state index contributed by atoms with van der Waals surface area (Å²) >= 11 is 0. The second kappa shape index (κ2) is 7.93. The zero-order valence-electron chi connectivity index (χ0n) is 14.0. The molecule has 1 N–H and O–H groups in total. The van der Waals surface area contributed by atoms with Crippen molar-refractivity contribution in [2.75, 3.05) is 32.7 Å². The molecule has 2 aromatic rings. The van der Waals surface area contributed by atoms with Gasteiger partial charge in [-0.05, 0) is 23.8 Å². The lowest BCUT2D eigenvalue weighted by Crippen LogP contribution is -2.49. The first-order valence-corrected chi connectivity index (χ1v) is 8.42. The van der Waals surface area contributed by atoms with Crippen LogP contribution in [-0.4, -0.2) is 53.5 Å². The molecule has 1 amide bonds. The molecule has 128 valence electrons. The second-order valence-corrected chi connectivity index (χ2v) is 6.21. The van der Waals surface area contributed by atoms with Crippen LogP contribution in [0.4, 0.5) is 0 Å². The van der Waals surface area contributed by atoms with Gasteiger partial charge in [0.25, 0.3) is 5.91 Å². The van der Waals surface area contributed by atoms with E-state index < -0.39 is 6.10 Å². The molecule has 0 spiro atoms. The van der Waals surface area contributed by atoms with Crippen LogP contribution in [0.5, 0.6) is 0 Å². The largest absolute Gasteiger partial charge is 0.387 e. The van der Waals surface area contributed by atoms with E-state index in [0.29, 0.717) is 30.8 Å². The van der Waals surface area contributed by atoms with Gasteiger partial charge in [-0.15, -0.1) is 0 Å². The molecule has 1 atom stereocenters. The van der Waals surface area contributed by atoms with Crippen LogP contribution in [0.3, 0.4) is 0 Å². The van der Waals surface area contributed by atoms with Crippen LogP contribution < -0.4 is 0 Å². The lowest BCUT2D eigenvalue weighted by molar-refractivity contribution is 0.0527. The molecule has 1 saturated heterocycles. The van der Waals surface area contributed by atoms with Gasteiger partial charge in [0, 0.05) is 38.3 Å². The van der Waals surface area contributed by atoms with Crippen LogP contribution in [0, 0.1) is 11.3 Å². The van der Waals surface area contributed by atoms with E-state index in [1.165, 1.54) is 0 Å². The van der Waals surface area contributed by atoms with Gasteiger partial charge in [-0.1, -0.05) is 36.4 Å². The molecule has 0 radical (unpaired) electrons. The highest BCUT2D eigenvalue weighted by molar-refractivity contribution is 5.94. The molecule has 0 aromatic heterocycles. The van der Waals surface area contributed by atoms with Crippen LogP contribution in [0.15, 0.2) is 54.6 Å². The number of carbonyl (C=O) groups is 1. The number of rotatable bonds is 4. The Hall–Kier alpha value is -2.68. The Morgan fingerprint density at radius 3 is 2.48 bits per heavy atom. The maximum atomic E-state index is 12.6. The summed E-state index contributed by atoms with van der Waals surface area (Å²) < 4.78 is 0. The topological polar surface area (TPSA) is 67.6 Å². The minimum Gasteiger partial charge on any atom is -0.387 e. The average Bonchev–Trinajstić information content (AvgIpc) is 2.68. The van der Waals surface area contributed by atoms with E-state index in [0.717, 1.165) is 18.7 Å². The summed E-state index contributed by atoms with van der Waals surface area (Å²) in [5, 5.41) is 19.3. The third-order valence-corrected chi connectivity index (χ3v) is 4.51. The molecule has 3 rings (SSSR count). The fourth-order valence-corrected chi connectivity index (χ4v) is 3.06. The van der Waals surface area contributed by atoms with E-state index in [2.05, 4.69) is 11.0 Å². The van der Waals surface area contributed by atoms with E-state index in [1.807, 2.05) is 35.2 Å². The molecular weight excluding hydrogens is 314 g/mol. The molecule has 0 aliphatic carbocycles. The van der Waals surface area contributed by atoms with Crippen molar-refractivity contribution in [2.24, 2.45) is 0 Å². The number of hydrogen-bond acceptors (Lipinski definition) is 4. The minimum atomic E-state index is -0.518. The Balaban J connectivity index is 1.55. The van der Waals surface area contributed by atoms with Crippen molar-refractivity contribution in [2.45, 2.75) is 6.10 Å². The summed E-state index contributed by atoms with van der Waals surface area (Å²) in [5.74, 6) is -0.0413. The molecule has 25 heavy (non-hydrogen) atoms. The quantitative estimate of drug-likeness (QED) is 0.928. The molecule has 1 fully saturated rings. The highest BCUT2D eigenvalue weighted by Gasteiger charge is 2.23. The van der Waals surface area contributed by atoms with Crippen molar-refractivity contribution >= 4 is 5.91 Å². The number of aliphatic hydroxyl groups is 1. The molecule has 1 aliphatic rings. The summed E-state index contributed by atoms with van der Waals surface area (Å²) in [6.07, 6.45) is -0.518. The normalized spacial score (nSPS) is 16.2. The molecule has 5 nitrogen and oxygen atoms in total. The molecule has 0 saturated carbocycles. The lowest BCUT2D eigenvalue weighted by atomic mass is 10.1. The number of aliphatic hydroxyl groups excluding tert-OH is 1. The zero-order chi connectivity index (χ0) is 17.6. The Bertz CT molecular complexity index is 762. The SMILES string of the molecule is N#Cc1cccc(C(=O)N2CCN(C[C@@H](O)c3ccccc3)CC2)c1. The average molecular weight is 335 g/mol. The van der Waals surface area contributed by atoms with Crippen LogP contribution >= 0.6 is 0 Å². The molecular formula is C20H21N3O2. The third-order valence-electron chi connectivity index (χ3n) is 4.51. The van der Waals surface area contributed by atoms with Crippen molar-refractivity contribution in [3.05, 3.63) is 71.3 Å². The molecule has 1 aliphatic heterocycles. The van der Waals surface area contributed by atoms with Crippen molar-refractivity contribution in [3.8, 4) is 6.07 Å². The highest BCUT2D eigenvalue weighted by atomic mass is 16.3. The number of nitriles is 1. The van der Waals surface area contributed by atoms with Gasteiger partial charge >= 0.3 is 0 Å². The monoisotopic (exact) mass is 335 g/mol. The van der Waals surface area contributed by atoms with E-state index in [4.69, 9.17) is 5.26 Å². The summed E-state index contributed by atoms with van der Waals surface area (Å²) in [7, 11) is 0. The van der Waals surface area contributed by atoms with Gasteiger partial charge in [0.1, 0.15) is 0 Å². The summed E-state index contributed by atoms with van der Waals surface area (Å²) in [6.45, 7) is 3.27. The van der Waals surface area contributed by atoms with Gasteiger partial charge in [-0.2, -0.15) is 5.26 Å². The number of piperazine rings is 1. The first-order valence-electron chi connectivity index (χ1n) is 8.42. The summed E-state index contributed by atoms with van der Waals surface area (Å²) in [4.78, 5) is 16.5. The number of hydrogen-bond donors (Lipinski definition) is 1. The van der Waals surface area contributed by atoms with Crippen LogP contribution in [0.2, 0.25) is 0 Å². The number of β-amino-alcohol motifs (C(OH)–C–C–N with tert-alkyl or cyclic N) is 1. The van der Waals surface area contributed by atoms with E-state index in [9.17, 15) is 9.90 Å². The van der Waals surface area contributed by atoms with Gasteiger partial charge in [-0.25, -0.2) is 0 Å². The van der Waals surface area contributed by atoms with Gasteiger partial charge < -0.3 is 10.0 Å². The summed E-state index contributed by atoms with van der Waals surface area (Å²) in [6, 6.07) is 18.5. The molecule has 0 bridgehead atoms. The smallest absolute Gasteiger partial charge is 0.253 e. The maximum Gasteiger partial charge on any atom is 0.253 e. The Morgan fingerprint density at radius 1 is 1.08 bits per heavy atom. The van der Waals surface area contributed by atoms with E-state index >= 15 is 0 Å². The van der Waals surface area contributed by atoms with Crippen molar-refractivity contribution in [3.63, 3.8) is 0 Å². The third kappa shape index (κ3) is 4.24. The standard InChI is InChI=1S/C20H21N3O2/c21-14-16-5-4-8-18(13-16)20(25)23-11-9-22(10-12-23)15-19(24)17-6-2-1-3-7-17/h1-8,13,19,24H,9-12,15H2/t19-/m1/s1. The van der Waals surface area contributed by atoms with Crippen molar-refractivity contribution < 1.29 is 9.90 Å². The number of nitrogens with zero attached hydrogens (tertiary/aromatic N) is 3. The molecule has 5 heteroatoms. The number of amides is 1. The maximum absolute atomic E-state index is 12.6. The van der Waals surface area contributed by atoms with E-state index in [1.54, 1.807) is 24.3 Å². The number of carbonyl (C=O) groups excluding carboxylic acids is 1. The predicted molar refractivity (Wildman–Crippen MR) is 94.9 cm³/mol. The van der Waals surface area contributed by atoms with Crippen LogP contribution in [-0.2, 0) is 0 Å². The van der Waals surface area contributed by atoms with Crippen molar-refractivity contribution in [1.82, 2.24) is 9.80 Å². The van der Waals surface area contributed by atoms with E-state index in [-0.39, 0.29) is 5.91 Å². The predicted octanol–water partition coefficient (Wildman–Crippen LogP) is 2.05. The van der Waals surface area contributed by atoms with Crippen molar-refractivity contribution in [1.29, 1.82) is 5.26 Å². The first kappa shape index (κ1) is 17.2. The Morgan fingerprint density at radius 2 is 1.80 bits per heavy atom. The lowest BCUT2D eigenvalue weighted by Gasteiger charge is -2.35. The molecule has 2 aromatic carbocycles. The Labute approximate surface area is 147 Å². The fourth-order valence-electron chi connectivity index (χ4n) is 3.06. The van der Waals surface area contributed by atoms with Gasteiger partial charge in [0.2, 0.25) is 0 Å². The van der Waals surface area contributed by atoms with Gasteiger partial charge in [0.05, 0.1) is 17.7 Å². The van der Waals surface area contributed by atoms with Gasteiger partial charge in [-0.3, -0.25) is 9.69 Å². The Kier molecular flexibility index (Phi) is 5.44. The van der Waals surface area contributed by atoms with Crippen LogP contribution in [0.25, 0.3) is 0 Å².